The number of aromatic nitrogens is 2. The number of thiophene rings is 1. The van der Waals surface area contributed by atoms with Crippen LogP contribution in [0.25, 0.3) is 0 Å². The molecule has 0 aliphatic carbocycles. The van der Waals surface area contributed by atoms with Crippen LogP contribution in [0.15, 0.2) is 36.1 Å². The Labute approximate surface area is 109 Å². The fraction of sp³-hybridized carbons (Fsp3) is 0.250. The van der Waals surface area contributed by atoms with Gasteiger partial charge < -0.3 is 5.11 Å². The van der Waals surface area contributed by atoms with Gasteiger partial charge in [-0.3, -0.25) is 15.3 Å². The summed E-state index contributed by atoms with van der Waals surface area (Å²) < 4.78 is 0. The minimum Gasteiger partial charge on any atom is -0.480 e. The summed E-state index contributed by atoms with van der Waals surface area (Å²) in [5.74, 6) is -0.973. The van der Waals surface area contributed by atoms with E-state index in [1.54, 1.807) is 18.3 Å². The molecule has 94 valence electrons. The van der Waals surface area contributed by atoms with E-state index in [1.807, 2.05) is 17.5 Å². The van der Waals surface area contributed by atoms with E-state index in [4.69, 9.17) is 0 Å². The van der Waals surface area contributed by atoms with Crippen LogP contribution in [0.1, 0.15) is 17.5 Å². The van der Waals surface area contributed by atoms with Crippen molar-refractivity contribution in [2.75, 3.05) is 0 Å². The molecule has 0 spiro atoms. The first kappa shape index (κ1) is 12.7. The molecule has 2 aromatic rings. The van der Waals surface area contributed by atoms with E-state index in [0.717, 1.165) is 4.88 Å². The number of hydrogen-bond acceptors (Lipinski definition) is 5. The summed E-state index contributed by atoms with van der Waals surface area (Å²) in [4.78, 5) is 20.5. The predicted octanol–water partition coefficient (Wildman–Crippen LogP) is 1.63. The zero-order chi connectivity index (χ0) is 13.0. The van der Waals surface area contributed by atoms with Gasteiger partial charge in [-0.2, -0.15) is 0 Å². The summed E-state index contributed by atoms with van der Waals surface area (Å²) in [5, 5.41) is 14.4. The van der Waals surface area contributed by atoms with Crippen molar-refractivity contribution in [3.63, 3.8) is 0 Å². The predicted molar refractivity (Wildman–Crippen MR) is 68.2 cm³/mol. The van der Waals surface area contributed by atoms with Crippen LogP contribution in [-0.4, -0.2) is 21.0 Å². The third kappa shape index (κ3) is 2.55. The standard InChI is InChI=1S/C12H13N3O2S/c1-12(11(16)17,10-8-13-4-5-14-10)15-7-9-3-2-6-18-9/h2-6,8,15H,7H2,1H3,(H,16,17). The van der Waals surface area contributed by atoms with Gasteiger partial charge in [-0.25, -0.2) is 4.79 Å². The van der Waals surface area contributed by atoms with Crippen LogP contribution in [0.5, 0.6) is 0 Å². The minimum absolute atomic E-state index is 0.397. The lowest BCUT2D eigenvalue weighted by Gasteiger charge is -2.25. The van der Waals surface area contributed by atoms with E-state index in [2.05, 4.69) is 15.3 Å². The van der Waals surface area contributed by atoms with E-state index in [-0.39, 0.29) is 0 Å². The average molecular weight is 263 g/mol. The molecular formula is C12H13N3O2S. The van der Waals surface area contributed by atoms with Crippen LogP contribution in [0, 0.1) is 0 Å². The molecule has 0 bridgehead atoms. The lowest BCUT2D eigenvalue weighted by Crippen LogP contribution is -2.46. The normalized spacial score (nSPS) is 14.1. The van der Waals surface area contributed by atoms with Gasteiger partial charge in [0.15, 0.2) is 5.54 Å². The number of carboxylic acids is 1. The van der Waals surface area contributed by atoms with Crippen molar-refractivity contribution in [2.45, 2.75) is 19.0 Å². The molecule has 2 rings (SSSR count). The van der Waals surface area contributed by atoms with E-state index >= 15 is 0 Å². The molecule has 2 heterocycles. The quantitative estimate of drug-likeness (QED) is 0.857. The number of carbonyl (C=O) groups is 1. The lowest BCUT2D eigenvalue weighted by atomic mass is 9.98. The Bertz CT molecular complexity index is 515. The highest BCUT2D eigenvalue weighted by atomic mass is 32.1. The van der Waals surface area contributed by atoms with E-state index in [0.29, 0.717) is 12.2 Å². The summed E-state index contributed by atoms with van der Waals surface area (Å²) in [6, 6.07) is 3.89. The monoisotopic (exact) mass is 263 g/mol. The molecule has 0 radical (unpaired) electrons. The summed E-state index contributed by atoms with van der Waals surface area (Å²) in [6.07, 6.45) is 4.48. The van der Waals surface area contributed by atoms with Crippen molar-refractivity contribution in [3.8, 4) is 0 Å². The summed E-state index contributed by atoms with van der Waals surface area (Å²) in [7, 11) is 0. The SMILES string of the molecule is CC(NCc1cccs1)(C(=O)O)c1cnccn1. The van der Waals surface area contributed by atoms with Crippen LogP contribution in [0.3, 0.4) is 0 Å². The first-order valence-electron chi connectivity index (χ1n) is 5.40. The van der Waals surface area contributed by atoms with Crippen LogP contribution in [-0.2, 0) is 16.9 Å². The van der Waals surface area contributed by atoms with Gasteiger partial charge in [-0.15, -0.1) is 11.3 Å². The minimum atomic E-state index is -1.24. The van der Waals surface area contributed by atoms with E-state index in [1.165, 1.54) is 18.6 Å². The molecule has 0 aromatic carbocycles. The van der Waals surface area contributed by atoms with Gasteiger partial charge in [-0.05, 0) is 18.4 Å². The maximum absolute atomic E-state index is 11.5. The van der Waals surface area contributed by atoms with Crippen molar-refractivity contribution < 1.29 is 9.90 Å². The first-order chi connectivity index (χ1) is 8.63. The Balaban J connectivity index is 2.20. The molecule has 1 unspecified atom stereocenters. The molecule has 2 aromatic heterocycles. The Hall–Kier alpha value is -1.79. The van der Waals surface area contributed by atoms with Crippen molar-refractivity contribution >= 4 is 17.3 Å². The lowest BCUT2D eigenvalue weighted by molar-refractivity contribution is -0.144. The van der Waals surface area contributed by atoms with E-state index in [9.17, 15) is 9.90 Å². The van der Waals surface area contributed by atoms with Gasteiger partial charge in [0.1, 0.15) is 0 Å². The maximum Gasteiger partial charge on any atom is 0.329 e. The highest BCUT2D eigenvalue weighted by molar-refractivity contribution is 7.09. The summed E-state index contributed by atoms with van der Waals surface area (Å²) in [6.45, 7) is 2.07. The number of nitrogens with zero attached hydrogens (tertiary/aromatic N) is 2. The molecule has 2 N–H and O–H groups in total. The second-order valence-electron chi connectivity index (χ2n) is 3.95. The van der Waals surface area contributed by atoms with Crippen molar-refractivity contribution in [1.29, 1.82) is 0 Å². The third-order valence-corrected chi connectivity index (χ3v) is 3.58. The molecule has 0 fully saturated rings. The van der Waals surface area contributed by atoms with Crippen molar-refractivity contribution in [2.24, 2.45) is 0 Å². The molecular weight excluding hydrogens is 250 g/mol. The van der Waals surface area contributed by atoms with Crippen LogP contribution in [0.2, 0.25) is 0 Å². The molecule has 1 atom stereocenters. The average Bonchev–Trinajstić information content (AvgIpc) is 2.90. The number of aliphatic carboxylic acids is 1. The number of nitrogens with one attached hydrogen (secondary N) is 1. The zero-order valence-electron chi connectivity index (χ0n) is 9.83. The maximum atomic E-state index is 11.5. The molecule has 0 aliphatic heterocycles. The zero-order valence-corrected chi connectivity index (χ0v) is 10.6. The van der Waals surface area contributed by atoms with Gasteiger partial charge in [0.05, 0.1) is 11.9 Å². The molecule has 5 nitrogen and oxygen atoms in total. The summed E-state index contributed by atoms with van der Waals surface area (Å²) in [5.41, 5.74) is -0.841. The van der Waals surface area contributed by atoms with Gasteiger partial charge in [-0.1, -0.05) is 6.07 Å². The molecule has 6 heteroatoms. The van der Waals surface area contributed by atoms with Crippen LogP contribution in [0.4, 0.5) is 0 Å². The summed E-state index contributed by atoms with van der Waals surface area (Å²) >= 11 is 1.58. The largest absolute Gasteiger partial charge is 0.480 e. The smallest absolute Gasteiger partial charge is 0.329 e. The Morgan fingerprint density at radius 3 is 2.94 bits per heavy atom. The number of hydrogen-bond donors (Lipinski definition) is 2. The topological polar surface area (TPSA) is 75.1 Å². The molecule has 0 saturated carbocycles. The molecule has 18 heavy (non-hydrogen) atoms. The highest BCUT2D eigenvalue weighted by Gasteiger charge is 2.36. The van der Waals surface area contributed by atoms with Crippen molar-refractivity contribution in [3.05, 3.63) is 46.7 Å². The Morgan fingerprint density at radius 1 is 1.56 bits per heavy atom. The second-order valence-corrected chi connectivity index (χ2v) is 4.99. The fourth-order valence-corrected chi connectivity index (χ4v) is 2.15. The number of carboxylic acid groups (broad SMARTS) is 1. The van der Waals surface area contributed by atoms with Gasteiger partial charge >= 0.3 is 5.97 Å². The highest BCUT2D eigenvalue weighted by Crippen LogP contribution is 2.19. The van der Waals surface area contributed by atoms with Crippen LogP contribution >= 0.6 is 11.3 Å². The Kier molecular flexibility index (Phi) is 3.69. The molecule has 0 saturated heterocycles. The van der Waals surface area contributed by atoms with E-state index < -0.39 is 11.5 Å². The number of rotatable bonds is 5. The molecule has 0 aliphatic rings. The second kappa shape index (κ2) is 5.24. The first-order valence-corrected chi connectivity index (χ1v) is 6.28. The van der Waals surface area contributed by atoms with Gasteiger partial charge in [0.25, 0.3) is 0 Å². The van der Waals surface area contributed by atoms with Gasteiger partial charge in [0, 0.05) is 23.8 Å². The third-order valence-electron chi connectivity index (χ3n) is 2.70. The van der Waals surface area contributed by atoms with Crippen LogP contribution < -0.4 is 5.32 Å². The van der Waals surface area contributed by atoms with Gasteiger partial charge in [0.2, 0.25) is 0 Å². The van der Waals surface area contributed by atoms with Crippen molar-refractivity contribution in [1.82, 2.24) is 15.3 Å². The fourth-order valence-electron chi connectivity index (χ4n) is 1.51. The Morgan fingerprint density at radius 2 is 2.39 bits per heavy atom. The molecule has 0 amide bonds.